The van der Waals surface area contributed by atoms with Crippen LogP contribution in [0.1, 0.15) is 19.3 Å². The average Bonchev–Trinajstić information content (AvgIpc) is 2.72. The summed E-state index contributed by atoms with van der Waals surface area (Å²) < 4.78 is 21.6. The molecule has 1 atom stereocenters. The molecule has 0 amide bonds. The second kappa shape index (κ2) is 5.71. The number of hydrogen-bond acceptors (Lipinski definition) is 4. The molecule has 2 saturated heterocycles. The van der Waals surface area contributed by atoms with Gasteiger partial charge < -0.3 is 18.8 Å². The van der Waals surface area contributed by atoms with Gasteiger partial charge >= 0.3 is 7.12 Å². The van der Waals surface area contributed by atoms with Crippen LogP contribution < -0.4 is 0 Å². The van der Waals surface area contributed by atoms with E-state index in [0.29, 0.717) is 19.8 Å². The van der Waals surface area contributed by atoms with Crippen molar-refractivity contribution in [1.82, 2.24) is 0 Å². The minimum absolute atomic E-state index is 0.00477. The molecule has 2 aliphatic rings. The zero-order valence-corrected chi connectivity index (χ0v) is 8.44. The van der Waals surface area contributed by atoms with E-state index in [1.54, 1.807) is 0 Å². The fourth-order valence-electron chi connectivity index (χ4n) is 1.71. The van der Waals surface area contributed by atoms with Crippen molar-refractivity contribution in [1.29, 1.82) is 0 Å². The molecule has 2 rings (SSSR count). The van der Waals surface area contributed by atoms with Crippen molar-refractivity contribution >= 4 is 7.12 Å². The molecule has 80 valence electrons. The summed E-state index contributed by atoms with van der Waals surface area (Å²) in [6, 6.07) is 0. The lowest BCUT2D eigenvalue weighted by molar-refractivity contribution is -0.159. The first-order valence-electron chi connectivity index (χ1n) is 5.41. The lowest BCUT2D eigenvalue weighted by Crippen LogP contribution is -2.25. The van der Waals surface area contributed by atoms with Gasteiger partial charge in [0.15, 0.2) is 6.29 Å². The Bertz CT molecular complexity index is 155. The molecule has 0 spiro atoms. The summed E-state index contributed by atoms with van der Waals surface area (Å²) in [6.45, 7) is 2.92. The Morgan fingerprint density at radius 1 is 1.14 bits per heavy atom. The Morgan fingerprint density at radius 3 is 2.71 bits per heavy atom. The van der Waals surface area contributed by atoms with Gasteiger partial charge in [-0.15, -0.1) is 0 Å². The number of rotatable bonds is 4. The van der Waals surface area contributed by atoms with Crippen LogP contribution in [-0.4, -0.2) is 39.8 Å². The summed E-state index contributed by atoms with van der Waals surface area (Å²) in [5.41, 5.74) is 0. The van der Waals surface area contributed by atoms with Gasteiger partial charge in [-0.2, -0.15) is 0 Å². The Hall–Kier alpha value is -0.0951. The predicted octanol–water partition coefficient (Wildman–Crippen LogP) is 1.06. The average molecular weight is 200 g/mol. The van der Waals surface area contributed by atoms with Crippen molar-refractivity contribution < 1.29 is 18.8 Å². The molecule has 0 aromatic carbocycles. The summed E-state index contributed by atoms with van der Waals surface area (Å²) in [6.07, 6.45) is 4.20. The molecule has 0 aliphatic carbocycles. The maximum absolute atomic E-state index is 5.56. The first kappa shape index (κ1) is 10.4. The highest BCUT2D eigenvalue weighted by molar-refractivity contribution is 6.44. The van der Waals surface area contributed by atoms with Gasteiger partial charge in [0.2, 0.25) is 0 Å². The molecule has 2 heterocycles. The van der Waals surface area contributed by atoms with Gasteiger partial charge in [-0.3, -0.25) is 0 Å². The highest BCUT2D eigenvalue weighted by atomic mass is 16.7. The highest BCUT2D eigenvalue weighted by Crippen LogP contribution is 2.14. The molecule has 5 heteroatoms. The van der Waals surface area contributed by atoms with E-state index in [1.807, 2.05) is 0 Å². The van der Waals surface area contributed by atoms with E-state index in [0.717, 1.165) is 25.8 Å². The first-order valence-corrected chi connectivity index (χ1v) is 5.41. The van der Waals surface area contributed by atoms with E-state index >= 15 is 0 Å². The molecule has 2 aliphatic heterocycles. The van der Waals surface area contributed by atoms with E-state index in [1.165, 1.54) is 6.42 Å². The van der Waals surface area contributed by atoms with E-state index in [4.69, 9.17) is 18.8 Å². The van der Waals surface area contributed by atoms with Gasteiger partial charge in [-0.1, -0.05) is 0 Å². The Balaban J connectivity index is 1.52. The van der Waals surface area contributed by atoms with E-state index in [2.05, 4.69) is 0 Å². The normalized spacial score (nSPS) is 28.3. The molecule has 0 N–H and O–H groups in total. The lowest BCUT2D eigenvalue weighted by Gasteiger charge is -2.22. The first-order chi connectivity index (χ1) is 6.95. The van der Waals surface area contributed by atoms with Crippen LogP contribution in [0, 0.1) is 0 Å². The summed E-state index contributed by atoms with van der Waals surface area (Å²) in [7, 11) is -0.0569. The Morgan fingerprint density at radius 2 is 2.00 bits per heavy atom. The van der Waals surface area contributed by atoms with Gasteiger partial charge in [-0.25, -0.2) is 0 Å². The van der Waals surface area contributed by atoms with E-state index < -0.39 is 0 Å². The zero-order valence-electron chi connectivity index (χ0n) is 8.44. The largest absolute Gasteiger partial charge is 0.459 e. The Labute approximate surface area is 85.0 Å². The van der Waals surface area contributed by atoms with Gasteiger partial charge in [0.1, 0.15) is 0 Å². The molecule has 14 heavy (non-hydrogen) atoms. The van der Waals surface area contributed by atoms with Crippen LogP contribution in [0.5, 0.6) is 0 Å². The molecule has 1 unspecified atom stereocenters. The smallest absolute Gasteiger partial charge is 0.409 e. The molecule has 0 saturated carbocycles. The third-order valence-corrected chi connectivity index (χ3v) is 2.49. The molecule has 0 bridgehead atoms. The van der Waals surface area contributed by atoms with E-state index in [-0.39, 0.29) is 13.4 Å². The van der Waals surface area contributed by atoms with Crippen LogP contribution in [0.15, 0.2) is 0 Å². The highest BCUT2D eigenvalue weighted by Gasteiger charge is 2.24. The van der Waals surface area contributed by atoms with Gasteiger partial charge in [0.25, 0.3) is 0 Å². The third-order valence-electron chi connectivity index (χ3n) is 2.49. The molecule has 0 radical (unpaired) electrons. The van der Waals surface area contributed by atoms with Crippen LogP contribution in [0.4, 0.5) is 0 Å². The quantitative estimate of drug-likeness (QED) is 0.636. The third kappa shape index (κ3) is 3.24. The van der Waals surface area contributed by atoms with Crippen molar-refractivity contribution in [2.75, 3.05) is 26.4 Å². The Kier molecular flexibility index (Phi) is 4.25. The van der Waals surface area contributed by atoms with Gasteiger partial charge in [0, 0.05) is 19.5 Å². The molecule has 0 aromatic rings. The van der Waals surface area contributed by atoms with Crippen molar-refractivity contribution in [3.05, 3.63) is 0 Å². The van der Waals surface area contributed by atoms with Crippen LogP contribution in [0.3, 0.4) is 0 Å². The second-order valence-electron chi connectivity index (χ2n) is 3.63. The van der Waals surface area contributed by atoms with Crippen molar-refractivity contribution in [3.63, 3.8) is 0 Å². The summed E-state index contributed by atoms with van der Waals surface area (Å²) in [5.74, 6) is 0. The summed E-state index contributed by atoms with van der Waals surface area (Å²) in [5, 5.41) is 0. The monoisotopic (exact) mass is 200 g/mol. The van der Waals surface area contributed by atoms with Gasteiger partial charge in [-0.05, 0) is 19.3 Å². The minimum Gasteiger partial charge on any atom is -0.409 e. The summed E-state index contributed by atoms with van der Waals surface area (Å²) in [4.78, 5) is 0. The molecule has 2 fully saturated rings. The molecule has 4 nitrogen and oxygen atoms in total. The molecular formula is C9H17BO4. The fourth-order valence-corrected chi connectivity index (χ4v) is 1.71. The second-order valence-corrected chi connectivity index (χ2v) is 3.63. The number of hydrogen-bond donors (Lipinski definition) is 0. The zero-order chi connectivity index (χ0) is 9.64. The van der Waals surface area contributed by atoms with Crippen molar-refractivity contribution in [3.8, 4) is 0 Å². The van der Waals surface area contributed by atoms with Crippen LogP contribution in [-0.2, 0) is 18.8 Å². The minimum atomic E-state index is -0.0569. The topological polar surface area (TPSA) is 36.9 Å². The van der Waals surface area contributed by atoms with Crippen LogP contribution in [0.2, 0.25) is 6.32 Å². The standard InChI is InChI=1S/C9H17BO4/c1-2-5-11-9(3-1)12-6-4-10-13-7-8-14-10/h9H,1-8H2. The molecular weight excluding hydrogens is 183 g/mol. The number of ether oxygens (including phenoxy) is 2. The SMILES string of the molecule is C1CCC(OCCB2OCCO2)OC1. The molecule has 0 aromatic heterocycles. The van der Waals surface area contributed by atoms with Crippen molar-refractivity contribution in [2.24, 2.45) is 0 Å². The van der Waals surface area contributed by atoms with Crippen molar-refractivity contribution in [2.45, 2.75) is 31.9 Å². The lowest BCUT2D eigenvalue weighted by atomic mass is 9.86. The van der Waals surface area contributed by atoms with Crippen LogP contribution >= 0.6 is 0 Å². The fraction of sp³-hybridized carbons (Fsp3) is 1.00. The maximum Gasteiger partial charge on any atom is 0.459 e. The van der Waals surface area contributed by atoms with E-state index in [9.17, 15) is 0 Å². The van der Waals surface area contributed by atoms with Gasteiger partial charge in [0.05, 0.1) is 13.2 Å². The predicted molar refractivity (Wildman–Crippen MR) is 52.0 cm³/mol. The van der Waals surface area contributed by atoms with Crippen LogP contribution in [0.25, 0.3) is 0 Å². The summed E-state index contributed by atoms with van der Waals surface area (Å²) >= 11 is 0. The maximum atomic E-state index is 5.56.